The van der Waals surface area contributed by atoms with Crippen molar-refractivity contribution in [1.82, 2.24) is 15.1 Å². The van der Waals surface area contributed by atoms with Gasteiger partial charge in [0.1, 0.15) is 0 Å². The molecule has 2 aliphatic rings. The van der Waals surface area contributed by atoms with Crippen LogP contribution in [0.5, 0.6) is 0 Å². The van der Waals surface area contributed by atoms with Crippen LogP contribution in [0.4, 0.5) is 0 Å². The van der Waals surface area contributed by atoms with Crippen molar-refractivity contribution >= 4 is 5.91 Å². The lowest BCUT2D eigenvalue weighted by Gasteiger charge is -2.40. The molecule has 0 aromatic carbocycles. The first-order valence-corrected chi connectivity index (χ1v) is 6.80. The van der Waals surface area contributed by atoms with Gasteiger partial charge in [0.05, 0.1) is 6.04 Å². The van der Waals surface area contributed by atoms with E-state index < -0.39 is 0 Å². The second kappa shape index (κ2) is 5.36. The van der Waals surface area contributed by atoms with Crippen LogP contribution in [0.3, 0.4) is 0 Å². The molecule has 0 bridgehead atoms. The van der Waals surface area contributed by atoms with E-state index in [0.29, 0.717) is 18.0 Å². The lowest BCUT2D eigenvalue weighted by atomic mass is 9.97. The molecule has 2 saturated heterocycles. The van der Waals surface area contributed by atoms with Gasteiger partial charge in [-0.1, -0.05) is 0 Å². The maximum absolute atomic E-state index is 12.3. The molecule has 4 nitrogen and oxygen atoms in total. The Morgan fingerprint density at radius 2 is 2.18 bits per heavy atom. The third-order valence-electron chi connectivity index (χ3n) is 4.43. The number of hydrogen-bond acceptors (Lipinski definition) is 3. The quantitative estimate of drug-likeness (QED) is 0.770. The molecule has 0 spiro atoms. The second-order valence-corrected chi connectivity index (χ2v) is 5.61. The van der Waals surface area contributed by atoms with Gasteiger partial charge in [-0.3, -0.25) is 4.79 Å². The molecule has 98 valence electrons. The Morgan fingerprint density at radius 3 is 2.76 bits per heavy atom. The minimum Gasteiger partial charge on any atom is -0.341 e. The van der Waals surface area contributed by atoms with Crippen molar-refractivity contribution in [3.8, 4) is 0 Å². The number of rotatable bonds is 2. The van der Waals surface area contributed by atoms with Gasteiger partial charge >= 0.3 is 0 Å². The van der Waals surface area contributed by atoms with E-state index in [2.05, 4.69) is 24.2 Å². The summed E-state index contributed by atoms with van der Waals surface area (Å²) in [6.45, 7) is 4.34. The summed E-state index contributed by atoms with van der Waals surface area (Å²) in [6, 6.07) is 1.09. The average molecular weight is 239 g/mol. The van der Waals surface area contributed by atoms with Crippen molar-refractivity contribution < 1.29 is 4.79 Å². The van der Waals surface area contributed by atoms with E-state index in [-0.39, 0.29) is 6.04 Å². The molecule has 2 fully saturated rings. The summed E-state index contributed by atoms with van der Waals surface area (Å²) in [5.74, 6) is 0.296. The van der Waals surface area contributed by atoms with Crippen molar-refractivity contribution in [1.29, 1.82) is 0 Å². The predicted molar refractivity (Wildman–Crippen MR) is 68.9 cm³/mol. The van der Waals surface area contributed by atoms with Crippen LogP contribution in [0.1, 0.15) is 32.6 Å². The fourth-order valence-corrected chi connectivity index (χ4v) is 2.94. The number of carbonyl (C=O) groups excluding carboxylic acids is 1. The third-order valence-corrected chi connectivity index (χ3v) is 4.43. The van der Waals surface area contributed by atoms with Gasteiger partial charge < -0.3 is 15.1 Å². The first-order valence-electron chi connectivity index (χ1n) is 6.80. The minimum atomic E-state index is 0.0787. The third kappa shape index (κ3) is 2.80. The van der Waals surface area contributed by atoms with Crippen molar-refractivity contribution in [3.05, 3.63) is 0 Å². The number of likely N-dealkylation sites (N-methyl/N-ethyl adjacent to an activating group) is 1. The van der Waals surface area contributed by atoms with Crippen molar-refractivity contribution in [2.45, 2.75) is 50.7 Å². The van der Waals surface area contributed by atoms with Crippen molar-refractivity contribution in [3.63, 3.8) is 0 Å². The first-order chi connectivity index (χ1) is 8.09. The van der Waals surface area contributed by atoms with Crippen LogP contribution >= 0.6 is 0 Å². The highest BCUT2D eigenvalue weighted by Crippen LogP contribution is 2.21. The van der Waals surface area contributed by atoms with Gasteiger partial charge in [0.15, 0.2) is 0 Å². The van der Waals surface area contributed by atoms with Crippen LogP contribution in [0, 0.1) is 0 Å². The highest BCUT2D eigenvalue weighted by Gasteiger charge is 2.32. The molecule has 3 atom stereocenters. The Labute approximate surface area is 104 Å². The number of nitrogens with zero attached hydrogens (tertiary/aromatic N) is 2. The summed E-state index contributed by atoms with van der Waals surface area (Å²) in [6.07, 6.45) is 4.35. The van der Waals surface area contributed by atoms with Gasteiger partial charge in [-0.2, -0.15) is 0 Å². The molecule has 0 aromatic rings. The topological polar surface area (TPSA) is 35.6 Å². The highest BCUT2D eigenvalue weighted by molar-refractivity contribution is 5.82. The normalized spacial score (nSPS) is 34.9. The van der Waals surface area contributed by atoms with Gasteiger partial charge in [-0.15, -0.1) is 0 Å². The monoisotopic (exact) mass is 239 g/mol. The van der Waals surface area contributed by atoms with Crippen LogP contribution in [-0.4, -0.2) is 61.0 Å². The van der Waals surface area contributed by atoms with E-state index in [1.165, 1.54) is 0 Å². The van der Waals surface area contributed by atoms with Crippen molar-refractivity contribution in [2.75, 3.05) is 27.2 Å². The molecule has 0 saturated carbocycles. The van der Waals surface area contributed by atoms with E-state index in [4.69, 9.17) is 0 Å². The first kappa shape index (κ1) is 12.8. The Kier molecular flexibility index (Phi) is 4.05. The summed E-state index contributed by atoms with van der Waals surface area (Å²) in [7, 11) is 4.15. The zero-order chi connectivity index (χ0) is 12.4. The van der Waals surface area contributed by atoms with E-state index >= 15 is 0 Å². The molecule has 4 heteroatoms. The SMILES string of the molecule is C[C@H]1C[C@H](N(C)C(=O)[C@@H]2CCCN2)CCN1C. The van der Waals surface area contributed by atoms with E-state index in [9.17, 15) is 4.79 Å². The lowest BCUT2D eigenvalue weighted by molar-refractivity contribution is -0.135. The number of likely N-dealkylation sites (tertiary alicyclic amines) is 1. The molecule has 2 aliphatic heterocycles. The van der Waals surface area contributed by atoms with Gasteiger partial charge in [0.25, 0.3) is 0 Å². The Bertz CT molecular complexity index is 276. The molecule has 0 radical (unpaired) electrons. The maximum Gasteiger partial charge on any atom is 0.239 e. The Balaban J connectivity index is 1.90. The molecule has 0 aromatic heterocycles. The number of carbonyl (C=O) groups is 1. The molecular formula is C13H25N3O. The maximum atomic E-state index is 12.3. The standard InChI is InChI=1S/C13H25N3O/c1-10-9-11(6-8-15(10)2)16(3)13(17)12-5-4-7-14-12/h10-12,14H,4-9H2,1-3H3/t10-,11+,12-/m0/s1. The van der Waals surface area contributed by atoms with Gasteiger partial charge in [0.2, 0.25) is 5.91 Å². The van der Waals surface area contributed by atoms with Crippen LogP contribution in [0.15, 0.2) is 0 Å². The zero-order valence-electron chi connectivity index (χ0n) is 11.3. The van der Waals surface area contributed by atoms with Gasteiger partial charge in [0, 0.05) is 25.7 Å². The minimum absolute atomic E-state index is 0.0787. The van der Waals surface area contributed by atoms with Crippen LogP contribution < -0.4 is 5.32 Å². The van der Waals surface area contributed by atoms with Crippen molar-refractivity contribution in [2.24, 2.45) is 0 Å². The van der Waals surface area contributed by atoms with E-state index in [1.807, 2.05) is 11.9 Å². The Hall–Kier alpha value is -0.610. The predicted octanol–water partition coefficient (Wildman–Crippen LogP) is 0.680. The summed E-state index contributed by atoms with van der Waals surface area (Å²) in [5, 5.41) is 3.29. The molecule has 2 heterocycles. The summed E-state index contributed by atoms with van der Waals surface area (Å²) < 4.78 is 0. The lowest BCUT2D eigenvalue weighted by Crippen LogP contribution is -2.51. The van der Waals surface area contributed by atoms with Gasteiger partial charge in [-0.25, -0.2) is 0 Å². The van der Waals surface area contributed by atoms with E-state index in [1.54, 1.807) is 0 Å². The number of piperidine rings is 1. The second-order valence-electron chi connectivity index (χ2n) is 5.61. The molecule has 2 rings (SSSR count). The number of hydrogen-bond donors (Lipinski definition) is 1. The largest absolute Gasteiger partial charge is 0.341 e. The Morgan fingerprint density at radius 1 is 1.41 bits per heavy atom. The summed E-state index contributed by atoms with van der Waals surface area (Å²) in [5.41, 5.74) is 0. The molecule has 0 aliphatic carbocycles. The fourth-order valence-electron chi connectivity index (χ4n) is 2.94. The van der Waals surface area contributed by atoms with E-state index in [0.717, 1.165) is 38.8 Å². The van der Waals surface area contributed by atoms with Gasteiger partial charge in [-0.05, 0) is 46.2 Å². The zero-order valence-corrected chi connectivity index (χ0v) is 11.3. The molecular weight excluding hydrogens is 214 g/mol. The molecule has 17 heavy (non-hydrogen) atoms. The van der Waals surface area contributed by atoms with Crippen LogP contribution in [0.25, 0.3) is 0 Å². The fraction of sp³-hybridized carbons (Fsp3) is 0.923. The van der Waals surface area contributed by atoms with Crippen LogP contribution in [-0.2, 0) is 4.79 Å². The highest BCUT2D eigenvalue weighted by atomic mass is 16.2. The molecule has 1 amide bonds. The van der Waals surface area contributed by atoms with Crippen LogP contribution in [0.2, 0.25) is 0 Å². The smallest absolute Gasteiger partial charge is 0.239 e. The molecule has 1 N–H and O–H groups in total. The summed E-state index contributed by atoms with van der Waals surface area (Å²) >= 11 is 0. The molecule has 0 unspecified atom stereocenters. The average Bonchev–Trinajstić information content (AvgIpc) is 2.84. The number of nitrogens with one attached hydrogen (secondary N) is 1. The number of amides is 1. The summed E-state index contributed by atoms with van der Waals surface area (Å²) in [4.78, 5) is 16.7.